The van der Waals surface area contributed by atoms with Crippen LogP contribution in [0.25, 0.3) is 11.1 Å². The summed E-state index contributed by atoms with van der Waals surface area (Å²) in [4.78, 5) is 0. The van der Waals surface area contributed by atoms with Crippen LogP contribution in [0.2, 0.25) is 0 Å². The van der Waals surface area contributed by atoms with E-state index in [1.165, 1.54) is 6.07 Å². The highest BCUT2D eigenvalue weighted by Crippen LogP contribution is 2.40. The summed E-state index contributed by atoms with van der Waals surface area (Å²) in [6, 6.07) is 13.3. The number of benzene rings is 3. The summed E-state index contributed by atoms with van der Waals surface area (Å²) < 4.78 is 69.8. The Bertz CT molecular complexity index is 1230. The first kappa shape index (κ1) is 27.7. The summed E-state index contributed by atoms with van der Waals surface area (Å²) in [6.45, 7) is 6.26. The van der Waals surface area contributed by atoms with Crippen molar-refractivity contribution in [2.24, 2.45) is 5.92 Å². The molecule has 0 aromatic heterocycles. The lowest BCUT2D eigenvalue weighted by molar-refractivity contribution is 0.291. The monoisotopic (exact) mass is 526 g/mol. The van der Waals surface area contributed by atoms with Crippen LogP contribution < -0.4 is 9.47 Å². The van der Waals surface area contributed by atoms with Crippen molar-refractivity contribution in [3.8, 4) is 22.6 Å². The first-order valence-corrected chi connectivity index (χ1v) is 13.3. The minimum atomic E-state index is -0.945. The van der Waals surface area contributed by atoms with Gasteiger partial charge in [0.05, 0.1) is 13.2 Å². The second-order valence-corrected chi connectivity index (χ2v) is 9.82. The van der Waals surface area contributed by atoms with E-state index in [1.807, 2.05) is 6.92 Å². The maximum Gasteiger partial charge on any atom is 0.200 e. The first-order valence-electron chi connectivity index (χ1n) is 13.3. The maximum atomic E-state index is 14.9. The average Bonchev–Trinajstić information content (AvgIpc) is 2.93. The molecule has 0 bridgehead atoms. The van der Waals surface area contributed by atoms with Gasteiger partial charge < -0.3 is 9.47 Å². The van der Waals surface area contributed by atoms with Gasteiger partial charge in [0.2, 0.25) is 5.82 Å². The molecular weight excluding hydrogens is 492 g/mol. The molecule has 0 aliphatic heterocycles. The normalized spacial score (nSPS) is 17.3. The summed E-state index contributed by atoms with van der Waals surface area (Å²) in [5, 5.41) is 0. The Kier molecular flexibility index (Phi) is 9.48. The molecule has 1 saturated carbocycles. The molecule has 0 unspecified atom stereocenters. The fourth-order valence-electron chi connectivity index (χ4n) is 5.25. The van der Waals surface area contributed by atoms with E-state index in [4.69, 9.17) is 9.47 Å². The third-order valence-electron chi connectivity index (χ3n) is 7.40. The molecule has 2 nitrogen and oxygen atoms in total. The van der Waals surface area contributed by atoms with E-state index in [-0.39, 0.29) is 23.8 Å². The molecule has 3 aromatic carbocycles. The Morgan fingerprint density at radius 3 is 2.24 bits per heavy atom. The standard InChI is InChI=1S/C32H34F4O2/c1-3-5-20-38-28-19-18-27(31(35)32(28)36)22-9-6-21(7-10-22)8-11-24-14-17-26(30(34)29(24)33)23-12-15-25(16-13-23)37-4-2/h3,12-19,21-22H,1,4-11,20H2,2H3. The van der Waals surface area contributed by atoms with Crippen LogP contribution in [0.3, 0.4) is 0 Å². The van der Waals surface area contributed by atoms with Crippen LogP contribution in [-0.2, 0) is 6.42 Å². The molecule has 202 valence electrons. The molecular formula is C32H34F4O2. The van der Waals surface area contributed by atoms with E-state index in [0.717, 1.165) is 32.1 Å². The molecule has 1 aliphatic rings. The molecule has 0 N–H and O–H groups in total. The Hall–Kier alpha value is -3.28. The van der Waals surface area contributed by atoms with Gasteiger partial charge in [-0.3, -0.25) is 0 Å². The second kappa shape index (κ2) is 13.0. The predicted molar refractivity (Wildman–Crippen MR) is 143 cm³/mol. The Labute approximate surface area is 222 Å². The zero-order chi connectivity index (χ0) is 27.1. The van der Waals surface area contributed by atoms with Crippen molar-refractivity contribution in [2.75, 3.05) is 13.2 Å². The van der Waals surface area contributed by atoms with Gasteiger partial charge in [-0.15, -0.1) is 6.58 Å². The van der Waals surface area contributed by atoms with Gasteiger partial charge in [-0.05, 0) is 98.6 Å². The molecule has 0 spiro atoms. The lowest BCUT2D eigenvalue weighted by Gasteiger charge is -2.29. The summed E-state index contributed by atoms with van der Waals surface area (Å²) in [5.41, 5.74) is 1.56. The van der Waals surface area contributed by atoms with Gasteiger partial charge in [-0.25, -0.2) is 13.2 Å². The van der Waals surface area contributed by atoms with E-state index in [0.29, 0.717) is 47.8 Å². The molecule has 3 aromatic rings. The van der Waals surface area contributed by atoms with Crippen LogP contribution >= 0.6 is 0 Å². The van der Waals surface area contributed by atoms with Crippen LogP contribution in [0.4, 0.5) is 17.6 Å². The zero-order valence-electron chi connectivity index (χ0n) is 21.8. The van der Waals surface area contributed by atoms with Crippen molar-refractivity contribution >= 4 is 0 Å². The second-order valence-electron chi connectivity index (χ2n) is 9.82. The third kappa shape index (κ3) is 6.40. The lowest BCUT2D eigenvalue weighted by atomic mass is 9.76. The molecule has 4 rings (SSSR count). The van der Waals surface area contributed by atoms with Crippen molar-refractivity contribution in [3.63, 3.8) is 0 Å². The Morgan fingerprint density at radius 1 is 0.816 bits per heavy atom. The van der Waals surface area contributed by atoms with Crippen molar-refractivity contribution < 1.29 is 27.0 Å². The van der Waals surface area contributed by atoms with Gasteiger partial charge >= 0.3 is 0 Å². The SMILES string of the molecule is C=CCCOc1ccc(C2CCC(CCc3ccc(-c4ccc(OCC)cc4)c(F)c3F)CC2)c(F)c1F. The summed E-state index contributed by atoms with van der Waals surface area (Å²) in [5.74, 6) is -2.57. The summed E-state index contributed by atoms with van der Waals surface area (Å²) in [7, 11) is 0. The van der Waals surface area contributed by atoms with Gasteiger partial charge in [0.15, 0.2) is 23.2 Å². The molecule has 6 heteroatoms. The van der Waals surface area contributed by atoms with Crippen LogP contribution in [0, 0.1) is 29.2 Å². The fraction of sp³-hybridized carbons (Fsp3) is 0.375. The molecule has 0 radical (unpaired) electrons. The van der Waals surface area contributed by atoms with Crippen molar-refractivity contribution in [1.29, 1.82) is 0 Å². The van der Waals surface area contributed by atoms with Gasteiger partial charge in [-0.1, -0.05) is 36.4 Å². The van der Waals surface area contributed by atoms with E-state index in [2.05, 4.69) is 6.58 Å². The third-order valence-corrected chi connectivity index (χ3v) is 7.40. The van der Waals surface area contributed by atoms with E-state index < -0.39 is 23.3 Å². The van der Waals surface area contributed by atoms with Gasteiger partial charge in [-0.2, -0.15) is 4.39 Å². The topological polar surface area (TPSA) is 18.5 Å². The molecule has 0 atom stereocenters. The Balaban J connectivity index is 1.33. The summed E-state index contributed by atoms with van der Waals surface area (Å²) in [6.07, 6.45) is 6.48. The fourth-order valence-corrected chi connectivity index (χ4v) is 5.25. The maximum absolute atomic E-state index is 14.9. The minimum absolute atomic E-state index is 0.0643. The number of rotatable bonds is 11. The minimum Gasteiger partial charge on any atom is -0.494 e. The molecule has 0 amide bonds. The largest absolute Gasteiger partial charge is 0.494 e. The molecule has 0 heterocycles. The van der Waals surface area contributed by atoms with E-state index in [9.17, 15) is 17.6 Å². The van der Waals surface area contributed by atoms with E-state index >= 15 is 0 Å². The molecule has 38 heavy (non-hydrogen) atoms. The first-order chi connectivity index (χ1) is 18.4. The lowest BCUT2D eigenvalue weighted by Crippen LogP contribution is -2.16. The van der Waals surface area contributed by atoms with Crippen molar-refractivity contribution in [3.05, 3.63) is 95.6 Å². The number of hydrogen-bond donors (Lipinski definition) is 0. The van der Waals surface area contributed by atoms with E-state index in [1.54, 1.807) is 48.5 Å². The van der Waals surface area contributed by atoms with Gasteiger partial charge in [0.1, 0.15) is 5.75 Å². The summed E-state index contributed by atoms with van der Waals surface area (Å²) >= 11 is 0. The molecule has 1 aliphatic carbocycles. The number of halogens is 4. The van der Waals surface area contributed by atoms with Crippen LogP contribution in [0.15, 0.2) is 61.2 Å². The Morgan fingerprint density at radius 2 is 1.55 bits per heavy atom. The van der Waals surface area contributed by atoms with Crippen LogP contribution in [-0.4, -0.2) is 13.2 Å². The quantitative estimate of drug-likeness (QED) is 0.141. The highest BCUT2D eigenvalue weighted by molar-refractivity contribution is 5.65. The van der Waals surface area contributed by atoms with Crippen molar-refractivity contribution in [2.45, 2.75) is 57.8 Å². The van der Waals surface area contributed by atoms with Crippen molar-refractivity contribution in [1.82, 2.24) is 0 Å². The average molecular weight is 527 g/mol. The van der Waals surface area contributed by atoms with Crippen LogP contribution in [0.1, 0.15) is 62.5 Å². The number of hydrogen-bond acceptors (Lipinski definition) is 2. The number of aryl methyl sites for hydroxylation is 1. The predicted octanol–water partition coefficient (Wildman–Crippen LogP) is 9.17. The van der Waals surface area contributed by atoms with Gasteiger partial charge in [0.25, 0.3) is 0 Å². The molecule has 0 saturated heterocycles. The van der Waals surface area contributed by atoms with Gasteiger partial charge in [0, 0.05) is 5.56 Å². The van der Waals surface area contributed by atoms with Crippen LogP contribution in [0.5, 0.6) is 11.5 Å². The highest BCUT2D eigenvalue weighted by Gasteiger charge is 2.27. The zero-order valence-corrected chi connectivity index (χ0v) is 21.8. The smallest absolute Gasteiger partial charge is 0.200 e. The highest BCUT2D eigenvalue weighted by atomic mass is 19.2. The number of ether oxygens (including phenoxy) is 2. The molecule has 1 fully saturated rings.